The first-order chi connectivity index (χ1) is 7.31. The van der Waals surface area contributed by atoms with Crippen LogP contribution in [0.3, 0.4) is 0 Å². The Balaban J connectivity index is 2.25. The summed E-state index contributed by atoms with van der Waals surface area (Å²) in [5, 5.41) is 0.823. The molecule has 0 radical (unpaired) electrons. The lowest BCUT2D eigenvalue weighted by Gasteiger charge is -2.01. The van der Waals surface area contributed by atoms with Gasteiger partial charge in [0.2, 0.25) is 0 Å². The van der Waals surface area contributed by atoms with Crippen LogP contribution in [0.2, 0.25) is 0 Å². The van der Waals surface area contributed by atoms with Gasteiger partial charge in [0, 0.05) is 11.9 Å². The van der Waals surface area contributed by atoms with Crippen molar-refractivity contribution in [1.29, 1.82) is 0 Å². The van der Waals surface area contributed by atoms with Crippen molar-refractivity contribution in [2.24, 2.45) is 7.05 Å². The molecule has 1 heterocycles. The molecule has 15 heavy (non-hydrogen) atoms. The summed E-state index contributed by atoms with van der Waals surface area (Å²) in [6.45, 7) is 0. The Morgan fingerprint density at radius 3 is 2.67 bits per heavy atom. The van der Waals surface area contributed by atoms with E-state index in [1.165, 1.54) is 0 Å². The fraction of sp³-hybridized carbons (Fsp3) is 0.0909. The zero-order valence-corrected chi connectivity index (χ0v) is 9.07. The summed E-state index contributed by atoms with van der Waals surface area (Å²) in [7, 11) is 1.84. The van der Waals surface area contributed by atoms with Crippen LogP contribution in [0, 0.1) is 0 Å². The molecule has 0 bridgehead atoms. The minimum Gasteiger partial charge on any atom is -0.320 e. The Morgan fingerprint density at radius 2 is 2.07 bits per heavy atom. The van der Waals surface area contributed by atoms with E-state index in [9.17, 15) is 4.79 Å². The van der Waals surface area contributed by atoms with E-state index < -0.39 is 0 Å². The maximum atomic E-state index is 10.6. The monoisotopic (exact) mass is 218 g/mol. The molecule has 3 nitrogen and oxygen atoms in total. The fourth-order valence-electron chi connectivity index (χ4n) is 1.20. The van der Waals surface area contributed by atoms with Gasteiger partial charge < -0.3 is 4.57 Å². The number of imidazole rings is 1. The third-order valence-corrected chi connectivity index (χ3v) is 3.12. The van der Waals surface area contributed by atoms with E-state index in [2.05, 4.69) is 4.98 Å². The maximum absolute atomic E-state index is 10.6. The van der Waals surface area contributed by atoms with E-state index in [1.807, 2.05) is 37.4 Å². The summed E-state index contributed by atoms with van der Waals surface area (Å²) in [5.74, 6) is 0. The largest absolute Gasteiger partial charge is 0.320 e. The van der Waals surface area contributed by atoms with Crippen molar-refractivity contribution >= 4 is 18.0 Å². The van der Waals surface area contributed by atoms with Crippen molar-refractivity contribution in [2.75, 3.05) is 0 Å². The molecule has 76 valence electrons. The average molecular weight is 218 g/mol. The third kappa shape index (κ3) is 2.10. The molecule has 1 aromatic heterocycles. The molecule has 0 aliphatic rings. The molecule has 0 unspecified atom stereocenters. The predicted molar refractivity (Wildman–Crippen MR) is 59.2 cm³/mol. The van der Waals surface area contributed by atoms with Crippen LogP contribution in [-0.4, -0.2) is 15.8 Å². The second kappa shape index (κ2) is 4.31. The quantitative estimate of drug-likeness (QED) is 0.742. The van der Waals surface area contributed by atoms with Crippen molar-refractivity contribution in [3.8, 4) is 0 Å². The fourth-order valence-corrected chi connectivity index (χ4v) is 2.06. The Labute approximate surface area is 92.1 Å². The standard InChI is InChI=1S/C11H10N2OS/c1-13-9(8-14)7-12-11(13)15-10-5-3-2-4-6-10/h2-8H,1H3. The normalized spacial score (nSPS) is 10.2. The van der Waals surface area contributed by atoms with Crippen LogP contribution < -0.4 is 0 Å². The zero-order chi connectivity index (χ0) is 10.7. The van der Waals surface area contributed by atoms with Gasteiger partial charge in [-0.1, -0.05) is 30.0 Å². The van der Waals surface area contributed by atoms with Gasteiger partial charge in [-0.25, -0.2) is 4.98 Å². The highest BCUT2D eigenvalue weighted by molar-refractivity contribution is 7.99. The van der Waals surface area contributed by atoms with Crippen LogP contribution in [0.15, 0.2) is 46.6 Å². The minimum atomic E-state index is 0.591. The third-order valence-electron chi connectivity index (χ3n) is 2.05. The Kier molecular flexibility index (Phi) is 2.87. The molecule has 0 saturated heterocycles. The molecule has 0 spiro atoms. The van der Waals surface area contributed by atoms with Crippen LogP contribution in [0.25, 0.3) is 0 Å². The van der Waals surface area contributed by atoms with Crippen LogP contribution in [0.5, 0.6) is 0 Å². The lowest BCUT2D eigenvalue weighted by atomic mass is 10.4. The summed E-state index contributed by atoms with van der Waals surface area (Å²) in [5.41, 5.74) is 0.591. The van der Waals surface area contributed by atoms with Crippen molar-refractivity contribution in [3.63, 3.8) is 0 Å². The van der Waals surface area contributed by atoms with Crippen molar-refractivity contribution in [1.82, 2.24) is 9.55 Å². The van der Waals surface area contributed by atoms with Crippen LogP contribution in [-0.2, 0) is 7.05 Å². The van der Waals surface area contributed by atoms with Crippen molar-refractivity contribution < 1.29 is 4.79 Å². The molecular formula is C11H10N2OS. The van der Waals surface area contributed by atoms with Crippen molar-refractivity contribution in [3.05, 3.63) is 42.2 Å². The first kappa shape index (κ1) is 9.98. The summed E-state index contributed by atoms with van der Waals surface area (Å²) in [6.07, 6.45) is 2.39. The van der Waals surface area contributed by atoms with Gasteiger partial charge in [0.15, 0.2) is 11.4 Å². The van der Waals surface area contributed by atoms with Gasteiger partial charge in [-0.05, 0) is 12.1 Å². The van der Waals surface area contributed by atoms with Gasteiger partial charge >= 0.3 is 0 Å². The number of nitrogens with zero attached hydrogens (tertiary/aromatic N) is 2. The highest BCUT2D eigenvalue weighted by Gasteiger charge is 2.06. The number of rotatable bonds is 3. The summed E-state index contributed by atoms with van der Waals surface area (Å²) < 4.78 is 1.78. The Morgan fingerprint density at radius 1 is 1.33 bits per heavy atom. The number of aldehydes is 1. The lowest BCUT2D eigenvalue weighted by Crippen LogP contribution is -1.95. The van der Waals surface area contributed by atoms with Gasteiger partial charge in [0.25, 0.3) is 0 Å². The van der Waals surface area contributed by atoms with E-state index in [0.29, 0.717) is 5.69 Å². The number of aromatic nitrogens is 2. The molecule has 0 saturated carbocycles. The number of carbonyl (C=O) groups excluding carboxylic acids is 1. The molecule has 0 aliphatic heterocycles. The van der Waals surface area contributed by atoms with Crippen LogP contribution >= 0.6 is 11.8 Å². The van der Waals surface area contributed by atoms with E-state index in [4.69, 9.17) is 0 Å². The van der Waals surface area contributed by atoms with Gasteiger partial charge in [-0.3, -0.25) is 4.79 Å². The summed E-state index contributed by atoms with van der Waals surface area (Å²) >= 11 is 1.54. The van der Waals surface area contributed by atoms with Gasteiger partial charge in [-0.2, -0.15) is 0 Å². The molecule has 0 N–H and O–H groups in total. The lowest BCUT2D eigenvalue weighted by molar-refractivity contribution is 0.111. The van der Waals surface area contributed by atoms with E-state index >= 15 is 0 Å². The predicted octanol–water partition coefficient (Wildman–Crippen LogP) is 2.38. The first-order valence-electron chi connectivity index (χ1n) is 4.51. The smallest absolute Gasteiger partial charge is 0.173 e. The molecule has 0 aliphatic carbocycles. The Bertz CT molecular complexity index is 465. The minimum absolute atomic E-state index is 0.591. The highest BCUT2D eigenvalue weighted by atomic mass is 32.2. The van der Waals surface area contributed by atoms with Crippen molar-refractivity contribution in [2.45, 2.75) is 10.1 Å². The van der Waals surface area contributed by atoms with E-state index in [-0.39, 0.29) is 0 Å². The Hall–Kier alpha value is -1.55. The van der Waals surface area contributed by atoms with Gasteiger partial charge in [-0.15, -0.1) is 0 Å². The molecule has 0 amide bonds. The van der Waals surface area contributed by atoms with E-state index in [0.717, 1.165) is 16.3 Å². The number of hydrogen-bond donors (Lipinski definition) is 0. The molecule has 1 aromatic carbocycles. The maximum Gasteiger partial charge on any atom is 0.173 e. The number of hydrogen-bond acceptors (Lipinski definition) is 3. The zero-order valence-electron chi connectivity index (χ0n) is 8.25. The van der Waals surface area contributed by atoms with Gasteiger partial charge in [0.1, 0.15) is 5.69 Å². The molecule has 0 fully saturated rings. The van der Waals surface area contributed by atoms with E-state index in [1.54, 1.807) is 22.5 Å². The van der Waals surface area contributed by atoms with Gasteiger partial charge in [0.05, 0.1) is 6.20 Å². The summed E-state index contributed by atoms with van der Waals surface area (Å²) in [6, 6.07) is 9.96. The van der Waals surface area contributed by atoms with Crippen LogP contribution in [0.4, 0.5) is 0 Å². The molecule has 2 aromatic rings. The first-order valence-corrected chi connectivity index (χ1v) is 5.32. The molecule has 2 rings (SSSR count). The number of benzene rings is 1. The number of carbonyl (C=O) groups is 1. The highest BCUT2D eigenvalue weighted by Crippen LogP contribution is 2.25. The second-order valence-electron chi connectivity index (χ2n) is 3.06. The molecule has 0 atom stereocenters. The summed E-state index contributed by atoms with van der Waals surface area (Å²) in [4.78, 5) is 15.9. The SMILES string of the molecule is Cn1c(C=O)cnc1Sc1ccccc1. The molecule has 4 heteroatoms. The average Bonchev–Trinajstić information content (AvgIpc) is 2.62. The topological polar surface area (TPSA) is 34.9 Å². The van der Waals surface area contributed by atoms with Crippen LogP contribution in [0.1, 0.15) is 10.5 Å². The molecular weight excluding hydrogens is 208 g/mol. The second-order valence-corrected chi connectivity index (χ2v) is 4.10.